The first-order valence-corrected chi connectivity index (χ1v) is 20.6. The number of rotatable bonds is 10. The Labute approximate surface area is 325 Å². The second-order valence-corrected chi connectivity index (χ2v) is 14.6. The van der Waals surface area contributed by atoms with E-state index in [1.807, 2.05) is 55.0 Å². The Hall–Kier alpha value is -3.92. The number of hydrogen-bond acceptors (Lipinski definition) is 8. The van der Waals surface area contributed by atoms with Gasteiger partial charge in [-0.25, -0.2) is 9.10 Å². The first-order valence-electron chi connectivity index (χ1n) is 18.8. The molecule has 2 aromatic rings. The smallest absolute Gasteiger partial charge is 0.321 e. The molecule has 0 aromatic heterocycles. The van der Waals surface area contributed by atoms with E-state index in [4.69, 9.17) is 0 Å². The summed E-state index contributed by atoms with van der Waals surface area (Å²) in [5, 5.41) is 7.66. The predicted octanol–water partition coefficient (Wildman–Crippen LogP) is 5.02. The molecule has 4 amide bonds. The van der Waals surface area contributed by atoms with Crippen molar-refractivity contribution >= 4 is 71.4 Å². The van der Waals surface area contributed by atoms with Gasteiger partial charge in [0.1, 0.15) is 6.29 Å². The number of hydrogen-bond donors (Lipinski definition) is 3. The van der Waals surface area contributed by atoms with Gasteiger partial charge in [0.2, 0.25) is 5.91 Å². The predicted molar refractivity (Wildman–Crippen MR) is 221 cm³/mol. The quantitative estimate of drug-likeness (QED) is 0.135. The van der Waals surface area contributed by atoms with Crippen molar-refractivity contribution < 1.29 is 19.2 Å². The zero-order valence-corrected chi connectivity index (χ0v) is 33.9. The summed E-state index contributed by atoms with van der Waals surface area (Å²) in [5.41, 5.74) is 4.63. The van der Waals surface area contributed by atoms with Crippen LogP contribution in [0.3, 0.4) is 0 Å². The van der Waals surface area contributed by atoms with E-state index in [9.17, 15) is 19.2 Å². The summed E-state index contributed by atoms with van der Waals surface area (Å²) in [6.07, 6.45) is 6.78. The number of amides is 4. The largest absolute Gasteiger partial charge is 0.372 e. The van der Waals surface area contributed by atoms with E-state index in [1.165, 1.54) is 5.70 Å². The van der Waals surface area contributed by atoms with E-state index in [0.29, 0.717) is 32.5 Å². The molecule has 1 unspecified atom stereocenters. The minimum Gasteiger partial charge on any atom is -0.372 e. The second-order valence-electron chi connectivity index (χ2n) is 13.6. The number of urea groups is 1. The molecule has 2 aromatic carbocycles. The molecule has 1 fully saturated rings. The topological polar surface area (TPSA) is 105 Å². The standard InChI is InChI=1S/C38H46N6O4S.C2H6.CH4S/c1-38(2)18-5-4-6-21-43(38)49-26-27-10-7-11-28(24-27)40-37(48)42-20-9-19-41(22-23-42)32-16-15-31-35-30(32)12-8-13-33(35)44(36(31)47)29(25-45)14-17-34(46)39-3;2*1-2/h7-8,10-13,24-25,29H,6,9,14-23,26H2,1-3H3,(H,39,46)(H,40,48);1-2H3;2H,1H3. The van der Waals surface area contributed by atoms with Gasteiger partial charge in [0.05, 0.1) is 11.7 Å². The van der Waals surface area contributed by atoms with Gasteiger partial charge in [0.25, 0.3) is 5.91 Å². The van der Waals surface area contributed by atoms with Crippen LogP contribution in [0.2, 0.25) is 0 Å². The lowest BCUT2D eigenvalue weighted by atomic mass is 9.97. The highest BCUT2D eigenvalue weighted by atomic mass is 32.2. The zero-order valence-electron chi connectivity index (χ0n) is 32.2. The van der Waals surface area contributed by atoms with Crippen LogP contribution in [-0.2, 0) is 20.1 Å². The normalized spacial score (nSPS) is 18.1. The number of benzene rings is 2. The summed E-state index contributed by atoms with van der Waals surface area (Å²) in [6, 6.07) is 13.2. The SMILES string of the molecule is CC.CNC(=O)CCC(C=O)N1C(=O)C2=c3c1cccc3=C(N1CCCN(C(=O)Nc3cccc(CSN4CCC#CCC4(C)C)c3)CC1)CC2.CS. The number of nitrogens with zero attached hydrogens (tertiary/aromatic N) is 4. The molecule has 1 atom stereocenters. The first kappa shape index (κ1) is 41.8. The summed E-state index contributed by atoms with van der Waals surface area (Å²) in [6.45, 7) is 12.2. The number of aldehydes is 1. The number of carbonyl (C=O) groups excluding carboxylic acids is 4. The Balaban J connectivity index is 0.00000152. The van der Waals surface area contributed by atoms with Crippen molar-refractivity contribution in [1.82, 2.24) is 19.4 Å². The van der Waals surface area contributed by atoms with Gasteiger partial charge in [-0.1, -0.05) is 50.1 Å². The third-order valence-electron chi connectivity index (χ3n) is 9.93. The lowest BCUT2D eigenvalue weighted by Crippen LogP contribution is -2.41. The molecular formula is C41H56N6O4S2. The van der Waals surface area contributed by atoms with Gasteiger partial charge in [-0.05, 0) is 69.5 Å². The molecule has 12 heteroatoms. The van der Waals surface area contributed by atoms with Crippen molar-refractivity contribution in [3.05, 3.63) is 58.5 Å². The molecule has 286 valence electrons. The molecule has 1 saturated heterocycles. The molecule has 3 aliphatic heterocycles. The van der Waals surface area contributed by atoms with E-state index in [-0.39, 0.29) is 36.2 Å². The van der Waals surface area contributed by atoms with Gasteiger partial charge in [-0.2, -0.15) is 12.6 Å². The van der Waals surface area contributed by atoms with Gasteiger partial charge >= 0.3 is 6.03 Å². The van der Waals surface area contributed by atoms with Gasteiger partial charge in [-0.15, -0.1) is 11.8 Å². The van der Waals surface area contributed by atoms with Gasteiger partial charge in [-0.3, -0.25) is 14.5 Å². The molecular weight excluding hydrogens is 705 g/mol. The minimum atomic E-state index is -0.705. The van der Waals surface area contributed by atoms with Crippen LogP contribution in [-0.4, -0.2) is 95.8 Å². The van der Waals surface area contributed by atoms with Crippen molar-refractivity contribution in [2.45, 2.75) is 90.0 Å². The average molecular weight is 761 g/mol. The van der Waals surface area contributed by atoms with Crippen molar-refractivity contribution in [2.24, 2.45) is 0 Å². The van der Waals surface area contributed by atoms with E-state index >= 15 is 0 Å². The van der Waals surface area contributed by atoms with Crippen molar-refractivity contribution in [1.29, 1.82) is 0 Å². The van der Waals surface area contributed by atoms with Crippen LogP contribution >= 0.6 is 24.6 Å². The van der Waals surface area contributed by atoms with Crippen LogP contribution in [0.15, 0.2) is 42.5 Å². The fourth-order valence-electron chi connectivity index (χ4n) is 7.23. The van der Waals surface area contributed by atoms with Crippen LogP contribution in [0.4, 0.5) is 16.2 Å². The summed E-state index contributed by atoms with van der Waals surface area (Å²) < 4.78 is 2.42. The first-order chi connectivity index (χ1) is 25.7. The molecule has 0 radical (unpaired) electrons. The Morgan fingerprint density at radius 2 is 1.79 bits per heavy atom. The van der Waals surface area contributed by atoms with Crippen LogP contribution < -0.4 is 26.0 Å². The van der Waals surface area contributed by atoms with Crippen molar-refractivity contribution in [3.8, 4) is 11.8 Å². The second kappa shape index (κ2) is 20.0. The zero-order chi connectivity index (χ0) is 38.5. The van der Waals surface area contributed by atoms with Crippen LogP contribution in [0.5, 0.6) is 0 Å². The van der Waals surface area contributed by atoms with Gasteiger partial charge in [0.15, 0.2) is 0 Å². The molecule has 3 heterocycles. The van der Waals surface area contributed by atoms with Crippen LogP contribution in [0.1, 0.15) is 78.2 Å². The summed E-state index contributed by atoms with van der Waals surface area (Å²) in [4.78, 5) is 57.0. The number of carbonyl (C=O) groups is 4. The Bertz CT molecular complexity index is 1820. The number of anilines is 2. The van der Waals surface area contributed by atoms with Gasteiger partial charge < -0.3 is 25.2 Å². The maximum atomic E-state index is 13.6. The molecule has 53 heavy (non-hydrogen) atoms. The molecule has 0 spiro atoms. The Morgan fingerprint density at radius 1 is 1.02 bits per heavy atom. The molecule has 0 saturated carbocycles. The Morgan fingerprint density at radius 3 is 2.55 bits per heavy atom. The molecule has 6 rings (SSSR count). The number of thiol groups is 1. The minimum absolute atomic E-state index is 0.0174. The summed E-state index contributed by atoms with van der Waals surface area (Å²) in [7, 11) is 1.56. The van der Waals surface area contributed by atoms with E-state index in [2.05, 4.69) is 76.4 Å². The van der Waals surface area contributed by atoms with Crippen LogP contribution in [0.25, 0.3) is 11.3 Å². The molecule has 2 N–H and O–H groups in total. The van der Waals surface area contributed by atoms with E-state index in [0.717, 1.165) is 77.3 Å². The highest BCUT2D eigenvalue weighted by Crippen LogP contribution is 2.32. The number of nitrogens with one attached hydrogen (secondary N) is 2. The summed E-state index contributed by atoms with van der Waals surface area (Å²) in [5.74, 6) is 7.05. The highest BCUT2D eigenvalue weighted by Gasteiger charge is 2.37. The highest BCUT2D eigenvalue weighted by molar-refractivity contribution is 7.96. The molecule has 10 nitrogen and oxygen atoms in total. The van der Waals surface area contributed by atoms with Crippen molar-refractivity contribution in [3.63, 3.8) is 0 Å². The van der Waals surface area contributed by atoms with Gasteiger partial charge in [0, 0.05) is 97.7 Å². The molecule has 4 aliphatic rings. The maximum absolute atomic E-state index is 13.6. The fraction of sp³-hybridized carbons (Fsp3) is 0.512. The molecule has 1 aliphatic carbocycles. The molecule has 0 bridgehead atoms. The average Bonchev–Trinajstić information content (AvgIpc) is 3.34. The lowest BCUT2D eigenvalue weighted by molar-refractivity contribution is -0.121. The third-order valence-corrected chi connectivity index (χ3v) is 11.4. The maximum Gasteiger partial charge on any atom is 0.321 e. The lowest BCUT2D eigenvalue weighted by Gasteiger charge is -2.35. The van der Waals surface area contributed by atoms with Crippen LogP contribution in [0, 0.1) is 11.8 Å². The monoisotopic (exact) mass is 760 g/mol. The van der Waals surface area contributed by atoms with Crippen molar-refractivity contribution in [2.75, 3.05) is 56.2 Å². The fourth-order valence-corrected chi connectivity index (χ4v) is 8.35. The Kier molecular flexibility index (Phi) is 15.7. The summed E-state index contributed by atoms with van der Waals surface area (Å²) >= 11 is 5.35. The third kappa shape index (κ3) is 9.99. The van der Waals surface area contributed by atoms with E-state index in [1.54, 1.807) is 18.2 Å². The van der Waals surface area contributed by atoms with E-state index < -0.39 is 6.04 Å².